The number of nitrogens with one attached hydrogen (secondary N) is 1. The highest BCUT2D eigenvalue weighted by Gasteiger charge is 2.10. The summed E-state index contributed by atoms with van der Waals surface area (Å²) in [6, 6.07) is 3.28. The van der Waals surface area contributed by atoms with Crippen LogP contribution in [-0.4, -0.2) is 23.2 Å². The summed E-state index contributed by atoms with van der Waals surface area (Å²) >= 11 is 0. The molecule has 0 unspecified atom stereocenters. The summed E-state index contributed by atoms with van der Waals surface area (Å²) in [5.41, 5.74) is 5.71. The van der Waals surface area contributed by atoms with Gasteiger partial charge >= 0.3 is 0 Å². The highest BCUT2D eigenvalue weighted by molar-refractivity contribution is 5.82. The fourth-order valence-corrected chi connectivity index (χ4v) is 1.70. The zero-order valence-corrected chi connectivity index (χ0v) is 10.3. The molecule has 0 aliphatic carbocycles. The zero-order chi connectivity index (χ0) is 13.1. The van der Waals surface area contributed by atoms with E-state index >= 15 is 0 Å². The van der Waals surface area contributed by atoms with Gasteiger partial charge in [-0.15, -0.1) is 0 Å². The van der Waals surface area contributed by atoms with Gasteiger partial charge in [-0.25, -0.2) is 4.98 Å². The van der Waals surface area contributed by atoms with Gasteiger partial charge in [-0.2, -0.15) is 0 Å². The van der Waals surface area contributed by atoms with E-state index in [1.165, 1.54) is 0 Å². The van der Waals surface area contributed by atoms with E-state index in [2.05, 4.69) is 9.97 Å². The largest absolute Gasteiger partial charge is 0.490 e. The van der Waals surface area contributed by atoms with Crippen LogP contribution in [0.25, 0.3) is 10.9 Å². The Balaban J connectivity index is 2.67. The lowest BCUT2D eigenvalue weighted by molar-refractivity contribution is 0.288. The van der Waals surface area contributed by atoms with Crippen molar-refractivity contribution in [3.05, 3.63) is 22.5 Å². The van der Waals surface area contributed by atoms with Gasteiger partial charge in [-0.1, -0.05) is 0 Å². The summed E-state index contributed by atoms with van der Waals surface area (Å²) in [6.07, 6.45) is 0. The van der Waals surface area contributed by atoms with Crippen LogP contribution in [0.2, 0.25) is 0 Å². The Morgan fingerprint density at radius 3 is 2.44 bits per heavy atom. The molecule has 0 bridgehead atoms. The first kappa shape index (κ1) is 12.2. The van der Waals surface area contributed by atoms with Crippen LogP contribution in [-0.2, 0) is 0 Å². The molecule has 6 heteroatoms. The predicted molar refractivity (Wildman–Crippen MR) is 69.1 cm³/mol. The first-order valence-corrected chi connectivity index (χ1v) is 5.74. The monoisotopic (exact) mass is 249 g/mol. The van der Waals surface area contributed by atoms with Gasteiger partial charge in [0.05, 0.1) is 24.1 Å². The van der Waals surface area contributed by atoms with Crippen LogP contribution in [0.15, 0.2) is 16.9 Å². The molecule has 0 aliphatic heterocycles. The minimum absolute atomic E-state index is 0.0825. The molecule has 6 nitrogen and oxygen atoms in total. The highest BCUT2D eigenvalue weighted by Crippen LogP contribution is 2.30. The summed E-state index contributed by atoms with van der Waals surface area (Å²) in [7, 11) is 0. The number of hydrogen-bond donors (Lipinski definition) is 2. The van der Waals surface area contributed by atoms with Crippen molar-refractivity contribution in [2.45, 2.75) is 13.8 Å². The Morgan fingerprint density at radius 2 is 1.83 bits per heavy atom. The van der Waals surface area contributed by atoms with Crippen molar-refractivity contribution in [3.63, 3.8) is 0 Å². The standard InChI is InChI=1S/C12H15N3O3/c1-3-17-9-5-7-8(6-10(9)18-4-2)14-12(13)15-11(7)16/h5-6H,3-4H2,1-2H3,(H3,13,14,15,16). The molecule has 0 fully saturated rings. The number of benzene rings is 1. The Bertz CT molecular complexity index is 622. The fraction of sp³-hybridized carbons (Fsp3) is 0.333. The van der Waals surface area contributed by atoms with Crippen molar-refractivity contribution >= 4 is 16.9 Å². The summed E-state index contributed by atoms with van der Waals surface area (Å²) < 4.78 is 10.9. The Kier molecular flexibility index (Phi) is 3.36. The van der Waals surface area contributed by atoms with Gasteiger partial charge in [0.1, 0.15) is 0 Å². The molecule has 0 saturated carbocycles. The summed E-state index contributed by atoms with van der Waals surface area (Å²) in [6.45, 7) is 4.74. The molecule has 0 spiro atoms. The van der Waals surface area contributed by atoms with Gasteiger partial charge in [0.25, 0.3) is 5.56 Å². The van der Waals surface area contributed by atoms with Gasteiger partial charge in [0, 0.05) is 6.07 Å². The molecule has 3 N–H and O–H groups in total. The van der Waals surface area contributed by atoms with E-state index in [9.17, 15) is 4.79 Å². The Morgan fingerprint density at radius 1 is 1.22 bits per heavy atom. The van der Waals surface area contributed by atoms with Crippen molar-refractivity contribution in [2.24, 2.45) is 0 Å². The minimum atomic E-state index is -0.290. The third kappa shape index (κ3) is 2.22. The number of fused-ring (bicyclic) bond motifs is 1. The predicted octanol–water partition coefficient (Wildman–Crippen LogP) is 1.30. The molecule has 0 saturated heterocycles. The van der Waals surface area contributed by atoms with Gasteiger partial charge in [0.15, 0.2) is 11.5 Å². The molecule has 2 aromatic rings. The van der Waals surface area contributed by atoms with E-state index in [0.29, 0.717) is 35.6 Å². The highest BCUT2D eigenvalue weighted by atomic mass is 16.5. The number of aromatic nitrogens is 2. The minimum Gasteiger partial charge on any atom is -0.490 e. The van der Waals surface area contributed by atoms with Crippen LogP contribution < -0.4 is 20.8 Å². The summed E-state index contributed by atoms with van der Waals surface area (Å²) in [5.74, 6) is 1.17. The number of rotatable bonds is 4. The topological polar surface area (TPSA) is 90.2 Å². The Labute approximate surface area is 104 Å². The lowest BCUT2D eigenvalue weighted by Gasteiger charge is -2.11. The molecule has 0 radical (unpaired) electrons. The molecule has 18 heavy (non-hydrogen) atoms. The third-order valence-electron chi connectivity index (χ3n) is 2.39. The number of ether oxygens (including phenoxy) is 2. The van der Waals surface area contributed by atoms with Crippen molar-refractivity contribution in [3.8, 4) is 11.5 Å². The van der Waals surface area contributed by atoms with Crippen LogP contribution in [0.4, 0.5) is 5.95 Å². The molecule has 2 rings (SSSR count). The van der Waals surface area contributed by atoms with Crippen molar-refractivity contribution in [1.82, 2.24) is 9.97 Å². The first-order valence-electron chi connectivity index (χ1n) is 5.74. The second-order valence-corrected chi connectivity index (χ2v) is 3.63. The number of H-pyrrole nitrogens is 1. The quantitative estimate of drug-likeness (QED) is 0.852. The van der Waals surface area contributed by atoms with E-state index < -0.39 is 0 Å². The smallest absolute Gasteiger partial charge is 0.260 e. The van der Waals surface area contributed by atoms with Gasteiger partial charge < -0.3 is 15.2 Å². The number of anilines is 1. The number of nitrogens with zero attached hydrogens (tertiary/aromatic N) is 1. The molecular weight excluding hydrogens is 234 g/mol. The van der Waals surface area contributed by atoms with Crippen LogP contribution >= 0.6 is 0 Å². The van der Waals surface area contributed by atoms with Crippen LogP contribution in [0.5, 0.6) is 11.5 Å². The maximum Gasteiger partial charge on any atom is 0.260 e. The summed E-state index contributed by atoms with van der Waals surface area (Å²) in [5, 5.41) is 0.427. The average Bonchev–Trinajstić information content (AvgIpc) is 2.31. The average molecular weight is 249 g/mol. The molecule has 96 valence electrons. The fourth-order valence-electron chi connectivity index (χ4n) is 1.70. The molecule has 0 atom stereocenters. The number of aromatic amines is 1. The lowest BCUT2D eigenvalue weighted by atomic mass is 10.2. The summed E-state index contributed by atoms with van der Waals surface area (Å²) in [4.78, 5) is 18.3. The lowest BCUT2D eigenvalue weighted by Crippen LogP contribution is -2.11. The molecule has 1 aromatic carbocycles. The molecular formula is C12H15N3O3. The second-order valence-electron chi connectivity index (χ2n) is 3.63. The van der Waals surface area contributed by atoms with E-state index in [-0.39, 0.29) is 11.5 Å². The number of nitrogens with two attached hydrogens (primary N) is 1. The van der Waals surface area contributed by atoms with Crippen molar-refractivity contribution in [2.75, 3.05) is 18.9 Å². The molecule has 0 aliphatic rings. The molecule has 1 aromatic heterocycles. The number of hydrogen-bond acceptors (Lipinski definition) is 5. The molecule has 1 heterocycles. The van der Waals surface area contributed by atoms with E-state index in [4.69, 9.17) is 15.2 Å². The second kappa shape index (κ2) is 4.95. The van der Waals surface area contributed by atoms with Crippen molar-refractivity contribution in [1.29, 1.82) is 0 Å². The Hall–Kier alpha value is -2.24. The normalized spacial score (nSPS) is 10.6. The van der Waals surface area contributed by atoms with Gasteiger partial charge in [0.2, 0.25) is 5.95 Å². The van der Waals surface area contributed by atoms with Crippen LogP contribution in [0.1, 0.15) is 13.8 Å². The van der Waals surface area contributed by atoms with Crippen molar-refractivity contribution < 1.29 is 9.47 Å². The maximum atomic E-state index is 11.8. The van der Waals surface area contributed by atoms with E-state index in [0.717, 1.165) is 0 Å². The first-order chi connectivity index (χ1) is 8.65. The van der Waals surface area contributed by atoms with Gasteiger partial charge in [-0.3, -0.25) is 9.78 Å². The van der Waals surface area contributed by atoms with Crippen LogP contribution in [0.3, 0.4) is 0 Å². The van der Waals surface area contributed by atoms with Gasteiger partial charge in [-0.05, 0) is 19.9 Å². The van der Waals surface area contributed by atoms with Crippen LogP contribution in [0, 0.1) is 0 Å². The molecule has 0 amide bonds. The van der Waals surface area contributed by atoms with E-state index in [1.54, 1.807) is 12.1 Å². The SMILES string of the molecule is CCOc1cc2nc(N)[nH]c(=O)c2cc1OCC. The number of nitrogen functional groups attached to an aromatic ring is 1. The maximum absolute atomic E-state index is 11.8. The van der Waals surface area contributed by atoms with E-state index in [1.807, 2.05) is 13.8 Å². The zero-order valence-electron chi connectivity index (χ0n) is 10.3. The third-order valence-corrected chi connectivity index (χ3v) is 2.39.